The van der Waals surface area contributed by atoms with Crippen molar-refractivity contribution >= 4 is 17.5 Å². The number of carbonyl (C=O) groups is 3. The number of halogens is 1. The summed E-state index contributed by atoms with van der Waals surface area (Å²) in [5.41, 5.74) is 1.72. The van der Waals surface area contributed by atoms with Crippen LogP contribution in [0, 0.1) is 11.7 Å². The van der Waals surface area contributed by atoms with E-state index >= 15 is 0 Å². The summed E-state index contributed by atoms with van der Waals surface area (Å²) in [5.74, 6) is -2.66. The van der Waals surface area contributed by atoms with Gasteiger partial charge in [-0.15, -0.1) is 0 Å². The molecule has 1 aliphatic rings. The largest absolute Gasteiger partial charge is 0.458 e. The standard InChI is InChI=1S/C23H18FNO4/c24-17-8-6-15(7-9-17)12-18-10-11-20(29-18)21(26)19-14-25(23(28)22(19)27)13-16-4-2-1-3-5-16/h1-11,19H,12-14H2. The summed E-state index contributed by atoms with van der Waals surface area (Å²) in [4.78, 5) is 38.8. The summed E-state index contributed by atoms with van der Waals surface area (Å²) in [7, 11) is 0. The highest BCUT2D eigenvalue weighted by molar-refractivity contribution is 6.43. The highest BCUT2D eigenvalue weighted by atomic mass is 19.1. The lowest BCUT2D eigenvalue weighted by Crippen LogP contribution is -2.26. The molecular weight excluding hydrogens is 373 g/mol. The third-order valence-electron chi connectivity index (χ3n) is 4.95. The van der Waals surface area contributed by atoms with Gasteiger partial charge in [-0.05, 0) is 35.4 Å². The molecule has 0 radical (unpaired) electrons. The van der Waals surface area contributed by atoms with Crippen LogP contribution < -0.4 is 0 Å². The summed E-state index contributed by atoms with van der Waals surface area (Å²) in [5, 5.41) is 0. The normalized spacial score (nSPS) is 16.4. The van der Waals surface area contributed by atoms with E-state index in [-0.39, 0.29) is 24.7 Å². The van der Waals surface area contributed by atoms with Gasteiger partial charge in [-0.25, -0.2) is 4.39 Å². The van der Waals surface area contributed by atoms with Gasteiger partial charge in [-0.2, -0.15) is 0 Å². The number of hydrogen-bond donors (Lipinski definition) is 0. The zero-order chi connectivity index (χ0) is 20.4. The molecule has 1 atom stereocenters. The maximum absolute atomic E-state index is 13.0. The molecule has 2 aromatic carbocycles. The Morgan fingerprint density at radius 3 is 2.41 bits per heavy atom. The Kier molecular flexibility index (Phi) is 5.08. The number of rotatable bonds is 6. The summed E-state index contributed by atoms with van der Waals surface area (Å²) >= 11 is 0. The van der Waals surface area contributed by atoms with E-state index in [0.29, 0.717) is 12.2 Å². The molecule has 146 valence electrons. The highest BCUT2D eigenvalue weighted by Gasteiger charge is 2.44. The molecule has 2 heterocycles. The molecule has 0 saturated carbocycles. The fraction of sp³-hybridized carbons (Fsp3) is 0.174. The molecule has 4 rings (SSSR count). The minimum absolute atomic E-state index is 0.0411. The SMILES string of the molecule is O=C1C(=O)N(Cc2ccccc2)CC1C(=O)c1ccc(Cc2ccc(F)cc2)o1. The number of carbonyl (C=O) groups excluding carboxylic acids is 3. The van der Waals surface area contributed by atoms with Gasteiger partial charge in [-0.1, -0.05) is 42.5 Å². The van der Waals surface area contributed by atoms with Crippen molar-refractivity contribution in [3.8, 4) is 0 Å². The first kappa shape index (κ1) is 18.8. The van der Waals surface area contributed by atoms with Crippen LogP contribution in [-0.2, 0) is 22.6 Å². The Bertz CT molecular complexity index is 1060. The number of nitrogens with zero attached hydrogens (tertiary/aromatic N) is 1. The maximum atomic E-state index is 13.0. The summed E-state index contributed by atoms with van der Waals surface area (Å²) in [6, 6.07) is 18.5. The molecule has 0 bridgehead atoms. The molecule has 29 heavy (non-hydrogen) atoms. The van der Waals surface area contributed by atoms with Crippen molar-refractivity contribution in [3.63, 3.8) is 0 Å². The van der Waals surface area contributed by atoms with Crippen molar-refractivity contribution in [1.82, 2.24) is 4.90 Å². The number of ketones is 2. The van der Waals surface area contributed by atoms with Crippen LogP contribution in [0.1, 0.15) is 27.4 Å². The second kappa shape index (κ2) is 7.83. The molecule has 1 aliphatic heterocycles. The minimum atomic E-state index is -1.06. The fourth-order valence-corrected chi connectivity index (χ4v) is 3.41. The summed E-state index contributed by atoms with van der Waals surface area (Å²) in [6.45, 7) is 0.322. The molecule has 1 amide bonds. The summed E-state index contributed by atoms with van der Waals surface area (Å²) in [6.07, 6.45) is 0.394. The van der Waals surface area contributed by atoms with Gasteiger partial charge in [0.05, 0.1) is 0 Å². The number of Topliss-reactive ketones (excluding diaryl/α,β-unsaturated/α-hetero) is 2. The van der Waals surface area contributed by atoms with Crippen LogP contribution in [0.25, 0.3) is 0 Å². The Labute approximate surface area is 166 Å². The van der Waals surface area contributed by atoms with Crippen molar-refractivity contribution in [2.24, 2.45) is 5.92 Å². The minimum Gasteiger partial charge on any atom is -0.458 e. The van der Waals surface area contributed by atoms with Crippen molar-refractivity contribution in [2.75, 3.05) is 6.54 Å². The fourth-order valence-electron chi connectivity index (χ4n) is 3.41. The van der Waals surface area contributed by atoms with Crippen LogP contribution >= 0.6 is 0 Å². The first-order chi connectivity index (χ1) is 14.0. The maximum Gasteiger partial charge on any atom is 0.291 e. The molecule has 1 aromatic heterocycles. The monoisotopic (exact) mass is 391 g/mol. The predicted octanol–water partition coefficient (Wildman–Crippen LogP) is 3.42. The smallest absolute Gasteiger partial charge is 0.291 e. The molecule has 5 nitrogen and oxygen atoms in total. The molecule has 3 aromatic rings. The van der Waals surface area contributed by atoms with Crippen molar-refractivity contribution in [1.29, 1.82) is 0 Å². The van der Waals surface area contributed by atoms with E-state index in [1.165, 1.54) is 23.1 Å². The number of likely N-dealkylation sites (tertiary alicyclic amines) is 1. The number of amides is 1. The van der Waals surface area contributed by atoms with Crippen LogP contribution in [0.15, 0.2) is 71.1 Å². The lowest BCUT2D eigenvalue weighted by Gasteiger charge is -2.15. The van der Waals surface area contributed by atoms with Gasteiger partial charge < -0.3 is 9.32 Å². The first-order valence-corrected chi connectivity index (χ1v) is 9.25. The lowest BCUT2D eigenvalue weighted by atomic mass is 10.0. The number of furan rings is 1. The third-order valence-corrected chi connectivity index (χ3v) is 4.95. The quantitative estimate of drug-likeness (QED) is 0.367. The van der Waals surface area contributed by atoms with E-state index in [1.807, 2.05) is 30.3 Å². The molecule has 6 heteroatoms. The zero-order valence-corrected chi connectivity index (χ0v) is 15.5. The second-order valence-corrected chi connectivity index (χ2v) is 7.02. The Morgan fingerprint density at radius 2 is 1.69 bits per heavy atom. The van der Waals surface area contributed by atoms with Crippen LogP contribution in [0.4, 0.5) is 4.39 Å². The lowest BCUT2D eigenvalue weighted by molar-refractivity contribution is -0.140. The van der Waals surface area contributed by atoms with Gasteiger partial charge in [-0.3, -0.25) is 14.4 Å². The Morgan fingerprint density at radius 1 is 0.966 bits per heavy atom. The van der Waals surface area contributed by atoms with Gasteiger partial charge in [0.1, 0.15) is 17.5 Å². The third kappa shape index (κ3) is 4.01. The van der Waals surface area contributed by atoms with E-state index in [2.05, 4.69) is 0 Å². The number of hydrogen-bond acceptors (Lipinski definition) is 4. The van der Waals surface area contributed by atoms with E-state index < -0.39 is 23.4 Å². The van der Waals surface area contributed by atoms with Crippen LogP contribution in [-0.4, -0.2) is 28.9 Å². The van der Waals surface area contributed by atoms with Crippen molar-refractivity contribution < 1.29 is 23.2 Å². The molecule has 1 saturated heterocycles. The van der Waals surface area contributed by atoms with Crippen molar-refractivity contribution in [3.05, 3.63) is 95.2 Å². The van der Waals surface area contributed by atoms with E-state index in [1.54, 1.807) is 18.2 Å². The van der Waals surface area contributed by atoms with E-state index in [0.717, 1.165) is 11.1 Å². The van der Waals surface area contributed by atoms with Gasteiger partial charge >= 0.3 is 0 Å². The van der Waals surface area contributed by atoms with Crippen LogP contribution in [0.3, 0.4) is 0 Å². The van der Waals surface area contributed by atoms with Gasteiger partial charge in [0, 0.05) is 19.5 Å². The highest BCUT2D eigenvalue weighted by Crippen LogP contribution is 2.23. The predicted molar refractivity (Wildman–Crippen MR) is 103 cm³/mol. The molecule has 0 spiro atoms. The second-order valence-electron chi connectivity index (χ2n) is 7.02. The molecule has 0 N–H and O–H groups in total. The molecule has 0 aliphatic carbocycles. The molecular formula is C23H18FNO4. The van der Waals surface area contributed by atoms with E-state index in [9.17, 15) is 18.8 Å². The van der Waals surface area contributed by atoms with Crippen molar-refractivity contribution in [2.45, 2.75) is 13.0 Å². The molecule has 1 fully saturated rings. The van der Waals surface area contributed by atoms with Crippen LogP contribution in [0.5, 0.6) is 0 Å². The zero-order valence-electron chi connectivity index (χ0n) is 15.5. The average molecular weight is 391 g/mol. The first-order valence-electron chi connectivity index (χ1n) is 9.25. The van der Waals surface area contributed by atoms with E-state index in [4.69, 9.17) is 4.42 Å². The average Bonchev–Trinajstić information content (AvgIpc) is 3.30. The van der Waals surface area contributed by atoms with Gasteiger partial charge in [0.2, 0.25) is 11.6 Å². The Balaban J connectivity index is 1.45. The van der Waals surface area contributed by atoms with Crippen LogP contribution in [0.2, 0.25) is 0 Å². The van der Waals surface area contributed by atoms with Gasteiger partial charge in [0.15, 0.2) is 5.76 Å². The molecule has 1 unspecified atom stereocenters. The van der Waals surface area contributed by atoms with Gasteiger partial charge in [0.25, 0.3) is 5.91 Å². The Hall–Kier alpha value is -3.54. The number of benzene rings is 2. The summed E-state index contributed by atoms with van der Waals surface area (Å²) < 4.78 is 18.6. The topological polar surface area (TPSA) is 67.6 Å².